The second-order valence-electron chi connectivity index (χ2n) is 8.19. The third-order valence-corrected chi connectivity index (χ3v) is 7.64. The van der Waals surface area contributed by atoms with Crippen molar-refractivity contribution in [1.29, 1.82) is 0 Å². The fourth-order valence-electron chi connectivity index (χ4n) is 5.10. The highest BCUT2D eigenvalue weighted by Crippen LogP contribution is 2.44. The van der Waals surface area contributed by atoms with Crippen LogP contribution in [-0.2, 0) is 0 Å². The second kappa shape index (κ2) is 5.78. The molecule has 0 bridgehead atoms. The van der Waals surface area contributed by atoms with Crippen molar-refractivity contribution in [1.82, 2.24) is 19.4 Å². The Kier molecular flexibility index (Phi) is 3.00. The standard InChI is InChI=1S/C27H14N4S/c1-2-4-18-15(3-1)6-9-29-24(18)23-13-20-19-7-10-30-25-21-11-17-14-28-8-5-16(17)12-22(21)31(26(19)25)27(20)32-23/h1-14H. The van der Waals surface area contributed by atoms with Crippen LogP contribution in [0.1, 0.15) is 0 Å². The number of rotatable bonds is 1. The molecule has 6 heterocycles. The zero-order valence-electron chi connectivity index (χ0n) is 16.8. The first-order chi connectivity index (χ1) is 15.9. The average Bonchev–Trinajstić information content (AvgIpc) is 3.49. The highest BCUT2D eigenvalue weighted by molar-refractivity contribution is 7.22. The summed E-state index contributed by atoms with van der Waals surface area (Å²) in [7, 11) is 0. The quantitative estimate of drug-likeness (QED) is 0.282. The molecule has 8 rings (SSSR count). The molecule has 0 atom stereocenters. The molecule has 0 spiro atoms. The Morgan fingerprint density at radius 1 is 0.688 bits per heavy atom. The van der Waals surface area contributed by atoms with Gasteiger partial charge in [0.15, 0.2) is 0 Å². The molecular weight excluding hydrogens is 412 g/mol. The summed E-state index contributed by atoms with van der Waals surface area (Å²) in [4.78, 5) is 16.3. The van der Waals surface area contributed by atoms with Gasteiger partial charge in [-0.3, -0.25) is 19.4 Å². The first-order valence-electron chi connectivity index (χ1n) is 10.5. The van der Waals surface area contributed by atoms with Crippen LogP contribution < -0.4 is 0 Å². The maximum atomic E-state index is 4.77. The van der Waals surface area contributed by atoms with E-state index in [0.29, 0.717) is 0 Å². The molecule has 0 unspecified atom stereocenters. The van der Waals surface area contributed by atoms with Gasteiger partial charge in [-0.2, -0.15) is 0 Å². The molecule has 0 N–H and O–H groups in total. The summed E-state index contributed by atoms with van der Waals surface area (Å²) in [6.45, 7) is 0. The summed E-state index contributed by atoms with van der Waals surface area (Å²) in [5.74, 6) is 0. The fraction of sp³-hybridized carbons (Fsp3) is 0. The van der Waals surface area contributed by atoms with Gasteiger partial charge < -0.3 is 0 Å². The third-order valence-electron chi connectivity index (χ3n) is 6.51. The number of thiophene rings is 1. The molecule has 8 aromatic rings. The highest BCUT2D eigenvalue weighted by Gasteiger charge is 2.21. The van der Waals surface area contributed by atoms with Crippen LogP contribution in [0, 0.1) is 0 Å². The van der Waals surface area contributed by atoms with Crippen LogP contribution in [0.2, 0.25) is 0 Å². The maximum Gasteiger partial charge on any atom is 0.109 e. The Balaban J connectivity index is 1.54. The number of nitrogens with zero attached hydrogens (tertiary/aromatic N) is 4. The normalized spacial score (nSPS) is 12.4. The minimum atomic E-state index is 1.04. The van der Waals surface area contributed by atoms with Gasteiger partial charge in [0.1, 0.15) is 4.83 Å². The molecule has 32 heavy (non-hydrogen) atoms. The number of aromatic nitrogens is 4. The Bertz CT molecular complexity index is 1990. The number of fused-ring (bicyclic) bond motifs is 8. The SMILES string of the molecule is c1ccc2c(-c3cc4c5ccnc6c7cc8cnccc8cc7n(c4s3)c56)nccc2c1. The molecule has 5 heteroatoms. The smallest absolute Gasteiger partial charge is 0.109 e. The van der Waals surface area contributed by atoms with Crippen LogP contribution in [0.15, 0.2) is 85.5 Å². The largest absolute Gasteiger partial charge is 0.298 e. The summed E-state index contributed by atoms with van der Waals surface area (Å²) in [5.41, 5.74) is 4.49. The van der Waals surface area contributed by atoms with Gasteiger partial charge in [0.25, 0.3) is 0 Å². The van der Waals surface area contributed by atoms with Gasteiger partial charge in [-0.1, -0.05) is 24.3 Å². The van der Waals surface area contributed by atoms with Crippen molar-refractivity contribution in [3.63, 3.8) is 0 Å². The van der Waals surface area contributed by atoms with Gasteiger partial charge in [-0.15, -0.1) is 11.3 Å². The van der Waals surface area contributed by atoms with Gasteiger partial charge in [-0.05, 0) is 47.2 Å². The van der Waals surface area contributed by atoms with Crippen LogP contribution in [0.4, 0.5) is 0 Å². The Hall–Kier alpha value is -4.09. The number of hydrogen-bond acceptors (Lipinski definition) is 4. The lowest BCUT2D eigenvalue weighted by molar-refractivity contribution is 1.36. The van der Waals surface area contributed by atoms with E-state index < -0.39 is 0 Å². The molecule has 2 aromatic carbocycles. The van der Waals surface area contributed by atoms with Crippen molar-refractivity contribution in [2.75, 3.05) is 0 Å². The topological polar surface area (TPSA) is 43.1 Å². The molecule has 0 fully saturated rings. The molecule has 4 nitrogen and oxygen atoms in total. The third kappa shape index (κ3) is 1.99. The lowest BCUT2D eigenvalue weighted by Gasteiger charge is -2.03. The minimum absolute atomic E-state index is 1.04. The number of benzene rings is 2. The van der Waals surface area contributed by atoms with Crippen molar-refractivity contribution >= 4 is 70.4 Å². The molecule has 6 aromatic heterocycles. The first kappa shape index (κ1) is 16.6. The van der Waals surface area contributed by atoms with Crippen LogP contribution in [0.3, 0.4) is 0 Å². The first-order valence-corrected chi connectivity index (χ1v) is 11.3. The summed E-state index contributed by atoms with van der Waals surface area (Å²) < 4.78 is 2.39. The van der Waals surface area contributed by atoms with E-state index in [1.54, 1.807) is 11.3 Å². The van der Waals surface area contributed by atoms with E-state index in [9.17, 15) is 0 Å². The molecular formula is C27H14N4S. The van der Waals surface area contributed by atoms with Crippen molar-refractivity contribution in [2.45, 2.75) is 0 Å². The minimum Gasteiger partial charge on any atom is -0.298 e. The predicted molar refractivity (Wildman–Crippen MR) is 133 cm³/mol. The van der Waals surface area contributed by atoms with E-state index in [-0.39, 0.29) is 0 Å². The van der Waals surface area contributed by atoms with Gasteiger partial charge >= 0.3 is 0 Å². The maximum absolute atomic E-state index is 4.77. The van der Waals surface area contributed by atoms with Gasteiger partial charge in [0.2, 0.25) is 0 Å². The Morgan fingerprint density at radius 3 is 2.59 bits per heavy atom. The lowest BCUT2D eigenvalue weighted by Crippen LogP contribution is -1.83. The number of hydrogen-bond donors (Lipinski definition) is 0. The van der Waals surface area contributed by atoms with Gasteiger partial charge in [-0.25, -0.2) is 0 Å². The molecule has 0 amide bonds. The van der Waals surface area contributed by atoms with E-state index in [0.717, 1.165) is 16.6 Å². The van der Waals surface area contributed by atoms with E-state index in [4.69, 9.17) is 9.97 Å². The van der Waals surface area contributed by atoms with Crippen LogP contribution in [0.25, 0.3) is 69.7 Å². The molecule has 0 aliphatic heterocycles. The zero-order chi connectivity index (χ0) is 20.8. The van der Waals surface area contributed by atoms with E-state index >= 15 is 0 Å². The van der Waals surface area contributed by atoms with Crippen molar-refractivity contribution in [2.24, 2.45) is 0 Å². The average molecular weight is 427 g/mol. The predicted octanol–water partition coefficient (Wildman–Crippen LogP) is 7.06. The summed E-state index contributed by atoms with van der Waals surface area (Å²) in [5, 5.41) is 8.40. The summed E-state index contributed by atoms with van der Waals surface area (Å²) in [6, 6.07) is 21.5. The van der Waals surface area contributed by atoms with Crippen molar-refractivity contribution in [3.05, 3.63) is 85.5 Å². The number of pyridine rings is 3. The summed E-state index contributed by atoms with van der Waals surface area (Å²) >= 11 is 1.80. The van der Waals surface area contributed by atoms with Gasteiger partial charge in [0, 0.05) is 51.7 Å². The van der Waals surface area contributed by atoms with Crippen LogP contribution in [0.5, 0.6) is 0 Å². The zero-order valence-corrected chi connectivity index (χ0v) is 17.6. The van der Waals surface area contributed by atoms with Crippen LogP contribution >= 0.6 is 11.3 Å². The molecule has 0 saturated heterocycles. The molecule has 0 radical (unpaired) electrons. The van der Waals surface area contributed by atoms with Crippen molar-refractivity contribution in [3.8, 4) is 10.6 Å². The molecule has 148 valence electrons. The van der Waals surface area contributed by atoms with E-state index in [1.165, 1.54) is 53.1 Å². The monoisotopic (exact) mass is 426 g/mol. The van der Waals surface area contributed by atoms with Gasteiger partial charge in [0.05, 0.1) is 27.1 Å². The lowest BCUT2D eigenvalue weighted by atomic mass is 10.1. The molecule has 0 aliphatic rings. The van der Waals surface area contributed by atoms with Crippen molar-refractivity contribution < 1.29 is 0 Å². The molecule has 0 saturated carbocycles. The second-order valence-corrected chi connectivity index (χ2v) is 9.22. The van der Waals surface area contributed by atoms with E-state index in [1.807, 2.05) is 24.8 Å². The molecule has 0 aliphatic carbocycles. The van der Waals surface area contributed by atoms with Crippen LogP contribution in [-0.4, -0.2) is 19.4 Å². The Labute approximate surface area is 185 Å². The Morgan fingerprint density at radius 2 is 1.59 bits per heavy atom. The van der Waals surface area contributed by atoms with E-state index in [2.05, 4.69) is 70.0 Å². The fourth-order valence-corrected chi connectivity index (χ4v) is 6.30. The summed E-state index contributed by atoms with van der Waals surface area (Å²) in [6.07, 6.45) is 7.61. The highest BCUT2D eigenvalue weighted by atomic mass is 32.1.